The maximum atomic E-state index is 12.2. The van der Waals surface area contributed by atoms with Gasteiger partial charge in [-0.05, 0) is 24.3 Å². The summed E-state index contributed by atoms with van der Waals surface area (Å²) >= 11 is 7.23. The van der Waals surface area contributed by atoms with Crippen LogP contribution in [0.15, 0.2) is 60.7 Å². The van der Waals surface area contributed by atoms with Crippen LogP contribution in [0.5, 0.6) is 0 Å². The zero-order chi connectivity index (χ0) is 18.4. The molecule has 0 atom stereocenters. The minimum atomic E-state index is -0.205. The number of hydrogen-bond donors (Lipinski definition) is 1. The second-order valence-corrected chi connectivity index (χ2v) is 6.42. The lowest BCUT2D eigenvalue weighted by molar-refractivity contribution is -0.113. The predicted octanol–water partition coefficient (Wildman–Crippen LogP) is 3.31. The van der Waals surface area contributed by atoms with Gasteiger partial charge in [-0.15, -0.1) is 16.8 Å². The van der Waals surface area contributed by atoms with E-state index in [2.05, 4.69) is 32.1 Å². The standard InChI is InChI=1S/C17H15ClN6OS/c1-2-10-24-16(12-5-8-19-9-6-12)22-23-17(24)26-11-14(25)21-13-4-3-7-20-15(13)18/h2-9H,1,10-11H2,(H,21,25). The maximum Gasteiger partial charge on any atom is 0.234 e. The van der Waals surface area contributed by atoms with Crippen molar-refractivity contribution in [1.82, 2.24) is 24.7 Å². The molecule has 1 N–H and O–H groups in total. The van der Waals surface area contributed by atoms with Gasteiger partial charge in [0.1, 0.15) is 0 Å². The second-order valence-electron chi connectivity index (χ2n) is 5.12. The van der Waals surface area contributed by atoms with Gasteiger partial charge in [0, 0.05) is 30.7 Å². The van der Waals surface area contributed by atoms with E-state index < -0.39 is 0 Å². The fourth-order valence-corrected chi connectivity index (χ4v) is 3.11. The number of halogens is 1. The van der Waals surface area contributed by atoms with Gasteiger partial charge in [0.05, 0.1) is 11.4 Å². The van der Waals surface area contributed by atoms with Gasteiger partial charge in [-0.2, -0.15) is 0 Å². The van der Waals surface area contributed by atoms with Crippen LogP contribution in [0.1, 0.15) is 0 Å². The number of carbonyl (C=O) groups is 1. The third-order valence-electron chi connectivity index (χ3n) is 3.33. The molecule has 0 aromatic carbocycles. The normalized spacial score (nSPS) is 10.5. The molecule has 3 rings (SSSR count). The fraction of sp³-hybridized carbons (Fsp3) is 0.118. The third-order valence-corrected chi connectivity index (χ3v) is 4.60. The molecule has 1 amide bonds. The largest absolute Gasteiger partial charge is 0.323 e. The number of nitrogens with one attached hydrogen (secondary N) is 1. The highest BCUT2D eigenvalue weighted by Gasteiger charge is 2.15. The fourth-order valence-electron chi connectivity index (χ4n) is 2.20. The molecule has 3 aromatic heterocycles. The first kappa shape index (κ1) is 18.1. The monoisotopic (exact) mass is 386 g/mol. The number of thioether (sulfide) groups is 1. The minimum Gasteiger partial charge on any atom is -0.323 e. The van der Waals surface area contributed by atoms with E-state index in [1.165, 1.54) is 11.8 Å². The van der Waals surface area contributed by atoms with Crippen LogP contribution in [0.4, 0.5) is 5.69 Å². The molecule has 0 aliphatic heterocycles. The molecule has 9 heteroatoms. The van der Waals surface area contributed by atoms with E-state index >= 15 is 0 Å². The number of anilines is 1. The van der Waals surface area contributed by atoms with Gasteiger partial charge in [0.15, 0.2) is 16.1 Å². The van der Waals surface area contributed by atoms with Crippen LogP contribution in [0.2, 0.25) is 5.15 Å². The smallest absolute Gasteiger partial charge is 0.234 e. The molecule has 0 aliphatic rings. The highest BCUT2D eigenvalue weighted by molar-refractivity contribution is 7.99. The van der Waals surface area contributed by atoms with E-state index in [9.17, 15) is 4.79 Å². The predicted molar refractivity (Wildman–Crippen MR) is 102 cm³/mol. The second kappa shape index (κ2) is 8.59. The van der Waals surface area contributed by atoms with Crippen molar-refractivity contribution in [3.05, 3.63) is 60.7 Å². The number of aromatic nitrogens is 5. The summed E-state index contributed by atoms with van der Waals surface area (Å²) in [6, 6.07) is 7.11. The van der Waals surface area contributed by atoms with Gasteiger partial charge in [-0.1, -0.05) is 29.4 Å². The first-order chi connectivity index (χ1) is 12.7. The van der Waals surface area contributed by atoms with Crippen LogP contribution in [0.25, 0.3) is 11.4 Å². The Kier molecular flexibility index (Phi) is 5.98. The zero-order valence-electron chi connectivity index (χ0n) is 13.7. The minimum absolute atomic E-state index is 0.164. The topological polar surface area (TPSA) is 85.6 Å². The van der Waals surface area contributed by atoms with Crippen molar-refractivity contribution in [3.63, 3.8) is 0 Å². The van der Waals surface area contributed by atoms with Crippen LogP contribution < -0.4 is 5.32 Å². The van der Waals surface area contributed by atoms with Crippen LogP contribution in [-0.4, -0.2) is 36.4 Å². The molecule has 0 saturated carbocycles. The van der Waals surface area contributed by atoms with Gasteiger partial charge < -0.3 is 5.32 Å². The van der Waals surface area contributed by atoms with E-state index in [-0.39, 0.29) is 16.8 Å². The molecule has 0 radical (unpaired) electrons. The number of allylic oxidation sites excluding steroid dienone is 1. The number of hydrogen-bond acceptors (Lipinski definition) is 6. The van der Waals surface area contributed by atoms with Crippen LogP contribution >= 0.6 is 23.4 Å². The first-order valence-corrected chi connectivity index (χ1v) is 9.03. The molecule has 0 bridgehead atoms. The zero-order valence-corrected chi connectivity index (χ0v) is 15.2. The summed E-state index contributed by atoms with van der Waals surface area (Å²) < 4.78 is 1.90. The molecule has 0 fully saturated rings. The van der Waals surface area contributed by atoms with Crippen molar-refractivity contribution in [1.29, 1.82) is 0 Å². The molecule has 0 spiro atoms. The van der Waals surface area contributed by atoms with Crippen molar-refractivity contribution in [2.24, 2.45) is 0 Å². The Labute approximate surface area is 159 Å². The summed E-state index contributed by atoms with van der Waals surface area (Å²) in [6.45, 7) is 4.30. The van der Waals surface area contributed by atoms with Crippen LogP contribution in [0.3, 0.4) is 0 Å². The number of amides is 1. The van der Waals surface area contributed by atoms with Gasteiger partial charge in [0.2, 0.25) is 5.91 Å². The molecule has 7 nitrogen and oxygen atoms in total. The molecule has 0 saturated heterocycles. The molecule has 3 aromatic rings. The third kappa shape index (κ3) is 4.27. The Bertz CT molecular complexity index is 915. The van der Waals surface area contributed by atoms with Crippen molar-refractivity contribution in [2.75, 3.05) is 11.1 Å². The Balaban J connectivity index is 1.72. The summed E-state index contributed by atoms with van der Waals surface area (Å²) in [5.74, 6) is 0.658. The maximum absolute atomic E-state index is 12.2. The van der Waals surface area contributed by atoms with Gasteiger partial charge >= 0.3 is 0 Å². The summed E-state index contributed by atoms with van der Waals surface area (Å²) in [7, 11) is 0. The van der Waals surface area contributed by atoms with Crippen molar-refractivity contribution < 1.29 is 4.79 Å². The van der Waals surface area contributed by atoms with Crippen molar-refractivity contribution >= 4 is 35.0 Å². The Morgan fingerprint density at radius 2 is 2.08 bits per heavy atom. The SMILES string of the molecule is C=CCn1c(SCC(=O)Nc2cccnc2Cl)nnc1-c1ccncc1. The van der Waals surface area contributed by atoms with Crippen molar-refractivity contribution in [2.45, 2.75) is 11.7 Å². The van der Waals surface area contributed by atoms with Crippen LogP contribution in [0, 0.1) is 0 Å². The number of carbonyl (C=O) groups excluding carboxylic acids is 1. The highest BCUT2D eigenvalue weighted by atomic mass is 35.5. The Morgan fingerprint density at radius 3 is 2.81 bits per heavy atom. The lowest BCUT2D eigenvalue weighted by Gasteiger charge is -2.08. The lowest BCUT2D eigenvalue weighted by atomic mass is 10.2. The molecular formula is C17H15ClN6OS. The molecule has 26 heavy (non-hydrogen) atoms. The van der Waals surface area contributed by atoms with E-state index in [4.69, 9.17) is 11.6 Å². The summed E-state index contributed by atoms with van der Waals surface area (Å²) in [6.07, 6.45) is 6.71. The van der Waals surface area contributed by atoms with Crippen LogP contribution in [-0.2, 0) is 11.3 Å². The van der Waals surface area contributed by atoms with E-state index in [0.29, 0.717) is 23.2 Å². The highest BCUT2D eigenvalue weighted by Crippen LogP contribution is 2.24. The molecule has 0 aliphatic carbocycles. The average molecular weight is 387 g/mol. The Morgan fingerprint density at radius 1 is 1.27 bits per heavy atom. The number of pyridine rings is 2. The first-order valence-electron chi connectivity index (χ1n) is 7.66. The van der Waals surface area contributed by atoms with Gasteiger partial charge in [-0.3, -0.25) is 14.3 Å². The molecule has 3 heterocycles. The Hall–Kier alpha value is -2.71. The quantitative estimate of drug-likeness (QED) is 0.381. The number of rotatable bonds is 7. The van der Waals surface area contributed by atoms with Crippen molar-refractivity contribution in [3.8, 4) is 11.4 Å². The van der Waals surface area contributed by atoms with E-state index in [1.54, 1.807) is 36.8 Å². The van der Waals surface area contributed by atoms with E-state index in [1.807, 2.05) is 16.7 Å². The molecule has 0 unspecified atom stereocenters. The summed E-state index contributed by atoms with van der Waals surface area (Å²) in [4.78, 5) is 20.1. The number of nitrogens with zero attached hydrogens (tertiary/aromatic N) is 5. The molecular weight excluding hydrogens is 372 g/mol. The lowest BCUT2D eigenvalue weighted by Crippen LogP contribution is -2.15. The van der Waals surface area contributed by atoms with E-state index in [0.717, 1.165) is 5.56 Å². The average Bonchev–Trinajstić information content (AvgIpc) is 3.06. The summed E-state index contributed by atoms with van der Waals surface area (Å²) in [5, 5.41) is 12.0. The van der Waals surface area contributed by atoms with Gasteiger partial charge in [0.25, 0.3) is 0 Å². The van der Waals surface area contributed by atoms with Gasteiger partial charge in [-0.25, -0.2) is 4.98 Å². The molecule has 132 valence electrons. The summed E-state index contributed by atoms with van der Waals surface area (Å²) in [5.41, 5.74) is 1.37.